The number of sulfonamides is 1. The van der Waals surface area contributed by atoms with Crippen LogP contribution in [0, 0.1) is 0 Å². The second-order valence-electron chi connectivity index (χ2n) is 8.67. The summed E-state index contributed by atoms with van der Waals surface area (Å²) in [4.78, 5) is 13.1. The van der Waals surface area contributed by atoms with E-state index in [1.165, 1.54) is 35.7 Å². The van der Waals surface area contributed by atoms with Crippen molar-refractivity contribution in [3.05, 3.63) is 58.6 Å². The largest absolute Gasteiger partial charge is 0.349 e. The normalized spacial score (nSPS) is 20.1. The summed E-state index contributed by atoms with van der Waals surface area (Å²) in [6.45, 7) is 1.89. The highest BCUT2D eigenvalue weighted by Gasteiger charge is 2.36. The van der Waals surface area contributed by atoms with Crippen LogP contribution in [0.4, 0.5) is 5.69 Å². The molecule has 5 nitrogen and oxygen atoms in total. The average Bonchev–Trinajstić information content (AvgIpc) is 3.05. The van der Waals surface area contributed by atoms with Gasteiger partial charge in [-0.05, 0) is 74.2 Å². The highest BCUT2D eigenvalue weighted by Crippen LogP contribution is 2.37. The Bertz CT molecular complexity index is 1040. The van der Waals surface area contributed by atoms with Crippen molar-refractivity contribution in [2.75, 3.05) is 4.31 Å². The lowest BCUT2D eigenvalue weighted by Gasteiger charge is -2.24. The summed E-state index contributed by atoms with van der Waals surface area (Å²) in [7, 11) is -3.71. The molecule has 2 aliphatic rings. The predicted molar refractivity (Wildman–Crippen MR) is 124 cm³/mol. The zero-order valence-electron chi connectivity index (χ0n) is 17.8. The number of fused-ring (bicyclic) bond motifs is 1. The Labute approximate surface area is 189 Å². The molecular formula is C24H29ClN2O3S. The van der Waals surface area contributed by atoms with Gasteiger partial charge in [0, 0.05) is 22.7 Å². The highest BCUT2D eigenvalue weighted by molar-refractivity contribution is 7.92. The Balaban J connectivity index is 1.54. The van der Waals surface area contributed by atoms with Gasteiger partial charge in [-0.3, -0.25) is 9.10 Å². The fourth-order valence-corrected chi connectivity index (χ4v) is 6.52. The molecule has 4 rings (SSSR count). The first-order valence-corrected chi connectivity index (χ1v) is 12.9. The predicted octanol–water partition coefficient (Wildman–Crippen LogP) is 5.32. The lowest BCUT2D eigenvalue weighted by molar-refractivity contribution is 0.0930. The molecule has 166 valence electrons. The molecule has 1 amide bonds. The molecule has 1 N–H and O–H groups in total. The van der Waals surface area contributed by atoms with Gasteiger partial charge in [0.2, 0.25) is 0 Å². The third kappa shape index (κ3) is 4.75. The molecule has 1 atom stereocenters. The molecule has 7 heteroatoms. The summed E-state index contributed by atoms with van der Waals surface area (Å²) in [5.41, 5.74) is 2.12. The van der Waals surface area contributed by atoms with Crippen LogP contribution >= 0.6 is 11.6 Å². The van der Waals surface area contributed by atoms with Crippen molar-refractivity contribution >= 4 is 33.2 Å². The number of amides is 1. The second-order valence-corrected chi connectivity index (χ2v) is 10.9. The molecule has 0 spiro atoms. The van der Waals surface area contributed by atoms with Crippen molar-refractivity contribution in [2.45, 2.75) is 75.3 Å². The number of anilines is 1. The van der Waals surface area contributed by atoms with E-state index in [0.717, 1.165) is 31.2 Å². The first-order chi connectivity index (χ1) is 14.9. The van der Waals surface area contributed by atoms with E-state index in [0.29, 0.717) is 22.7 Å². The van der Waals surface area contributed by atoms with Crippen LogP contribution < -0.4 is 9.62 Å². The molecular weight excluding hydrogens is 432 g/mol. The Morgan fingerprint density at radius 1 is 1.00 bits per heavy atom. The van der Waals surface area contributed by atoms with Gasteiger partial charge in [0.25, 0.3) is 15.9 Å². The summed E-state index contributed by atoms with van der Waals surface area (Å²) in [5, 5.41) is 3.69. The molecule has 0 aromatic heterocycles. The third-order valence-corrected chi connectivity index (χ3v) is 8.50. The molecule has 1 aliphatic carbocycles. The molecule has 0 bridgehead atoms. The van der Waals surface area contributed by atoms with Crippen LogP contribution in [0.25, 0.3) is 0 Å². The van der Waals surface area contributed by atoms with Crippen LogP contribution in [0.15, 0.2) is 47.4 Å². The zero-order chi connectivity index (χ0) is 22.0. The quantitative estimate of drug-likeness (QED) is 0.671. The number of halogens is 1. The van der Waals surface area contributed by atoms with Gasteiger partial charge in [0.1, 0.15) is 0 Å². The van der Waals surface area contributed by atoms with Crippen LogP contribution in [0.2, 0.25) is 5.02 Å². The second kappa shape index (κ2) is 9.21. The van der Waals surface area contributed by atoms with Crippen molar-refractivity contribution in [3.8, 4) is 0 Å². The molecule has 31 heavy (non-hydrogen) atoms. The first kappa shape index (κ1) is 22.2. The van der Waals surface area contributed by atoms with Crippen molar-refractivity contribution in [1.82, 2.24) is 5.32 Å². The third-order valence-electron chi connectivity index (χ3n) is 6.31. The average molecular weight is 461 g/mol. The summed E-state index contributed by atoms with van der Waals surface area (Å²) in [5.74, 6) is -0.0694. The number of hydrogen-bond donors (Lipinski definition) is 1. The van der Waals surface area contributed by atoms with E-state index >= 15 is 0 Å². The maximum absolute atomic E-state index is 13.3. The standard InChI is InChI=1S/C24H29ClN2O3S/c1-17-15-19-16-18(24(28)26-21-7-5-3-2-4-6-8-21)9-14-23(19)27(17)31(29,30)22-12-10-20(25)11-13-22/h9-14,16-17,21H,2-8,15H2,1H3,(H,26,28)/t17-/m0/s1. The Morgan fingerprint density at radius 3 is 2.32 bits per heavy atom. The maximum Gasteiger partial charge on any atom is 0.264 e. The number of carbonyl (C=O) groups excluding carboxylic acids is 1. The number of rotatable bonds is 4. The molecule has 0 saturated heterocycles. The van der Waals surface area contributed by atoms with Gasteiger partial charge in [0.15, 0.2) is 0 Å². The summed E-state index contributed by atoms with van der Waals surface area (Å²) in [6, 6.07) is 11.6. The minimum atomic E-state index is -3.71. The Kier molecular flexibility index (Phi) is 6.58. The van der Waals surface area contributed by atoms with Crippen LogP contribution in [0.3, 0.4) is 0 Å². The van der Waals surface area contributed by atoms with Crippen LogP contribution in [-0.4, -0.2) is 26.4 Å². The highest BCUT2D eigenvalue weighted by atomic mass is 35.5. The van der Waals surface area contributed by atoms with Crippen molar-refractivity contribution < 1.29 is 13.2 Å². The van der Waals surface area contributed by atoms with Crippen LogP contribution in [-0.2, 0) is 16.4 Å². The minimum absolute atomic E-state index is 0.0694. The Hall–Kier alpha value is -2.05. The number of nitrogens with one attached hydrogen (secondary N) is 1. The first-order valence-electron chi connectivity index (χ1n) is 11.1. The lowest BCUT2D eigenvalue weighted by Crippen LogP contribution is -2.36. The minimum Gasteiger partial charge on any atom is -0.349 e. The van der Waals surface area contributed by atoms with Crippen LogP contribution in [0.5, 0.6) is 0 Å². The number of hydrogen-bond acceptors (Lipinski definition) is 3. The molecule has 2 aromatic rings. The van der Waals surface area contributed by atoms with Crippen molar-refractivity contribution in [2.24, 2.45) is 0 Å². The van der Waals surface area contributed by atoms with Gasteiger partial charge in [-0.15, -0.1) is 0 Å². The van der Waals surface area contributed by atoms with Gasteiger partial charge in [-0.1, -0.05) is 43.7 Å². The van der Waals surface area contributed by atoms with E-state index < -0.39 is 10.0 Å². The van der Waals surface area contributed by atoms with E-state index in [9.17, 15) is 13.2 Å². The topological polar surface area (TPSA) is 66.5 Å². The van der Waals surface area contributed by atoms with Crippen molar-refractivity contribution in [1.29, 1.82) is 0 Å². The molecule has 1 saturated carbocycles. The molecule has 1 heterocycles. The molecule has 2 aromatic carbocycles. The summed E-state index contributed by atoms with van der Waals surface area (Å²) < 4.78 is 28.0. The van der Waals surface area contributed by atoms with Gasteiger partial charge < -0.3 is 5.32 Å². The van der Waals surface area contributed by atoms with E-state index in [1.807, 2.05) is 13.0 Å². The smallest absolute Gasteiger partial charge is 0.264 e. The summed E-state index contributed by atoms with van der Waals surface area (Å²) in [6.07, 6.45) is 8.71. The van der Waals surface area contributed by atoms with Crippen LogP contribution in [0.1, 0.15) is 67.8 Å². The lowest BCUT2D eigenvalue weighted by atomic mass is 9.96. The van der Waals surface area contributed by atoms with Gasteiger partial charge >= 0.3 is 0 Å². The zero-order valence-corrected chi connectivity index (χ0v) is 19.4. The van der Waals surface area contributed by atoms with Crippen molar-refractivity contribution in [3.63, 3.8) is 0 Å². The Morgan fingerprint density at radius 2 is 1.65 bits per heavy atom. The summed E-state index contributed by atoms with van der Waals surface area (Å²) >= 11 is 5.92. The van der Waals surface area contributed by atoms with Gasteiger partial charge in [-0.2, -0.15) is 0 Å². The SMILES string of the molecule is C[C@H]1Cc2cc(C(=O)NC3CCCCCCC3)ccc2N1S(=O)(=O)c1ccc(Cl)cc1. The maximum atomic E-state index is 13.3. The molecule has 1 fully saturated rings. The van der Waals surface area contributed by atoms with Gasteiger partial charge in [0.05, 0.1) is 10.6 Å². The number of nitrogens with zero attached hydrogens (tertiary/aromatic N) is 1. The molecule has 0 radical (unpaired) electrons. The van der Waals surface area contributed by atoms with E-state index in [4.69, 9.17) is 11.6 Å². The molecule has 1 aliphatic heterocycles. The number of benzene rings is 2. The molecule has 0 unspecified atom stereocenters. The fourth-order valence-electron chi connectivity index (χ4n) is 4.70. The monoisotopic (exact) mass is 460 g/mol. The van der Waals surface area contributed by atoms with E-state index in [1.54, 1.807) is 24.3 Å². The van der Waals surface area contributed by atoms with E-state index in [2.05, 4.69) is 5.32 Å². The van der Waals surface area contributed by atoms with E-state index in [-0.39, 0.29) is 22.9 Å². The number of carbonyl (C=O) groups is 1. The van der Waals surface area contributed by atoms with Gasteiger partial charge in [-0.25, -0.2) is 8.42 Å². The fraction of sp³-hybridized carbons (Fsp3) is 0.458.